The van der Waals surface area contributed by atoms with Crippen LogP contribution in [-0.2, 0) is 4.79 Å². The molecule has 0 spiro atoms. The van der Waals surface area contributed by atoms with Gasteiger partial charge in [0.2, 0.25) is 5.91 Å². The summed E-state index contributed by atoms with van der Waals surface area (Å²) >= 11 is 0. The van der Waals surface area contributed by atoms with Gasteiger partial charge in [-0.05, 0) is 30.9 Å². The fraction of sp³-hybridized carbons (Fsp3) is 0.500. The minimum atomic E-state index is -0.921. The highest BCUT2D eigenvalue weighted by atomic mass is 19.1. The predicted octanol–water partition coefficient (Wildman–Crippen LogP) is 2.64. The maximum atomic E-state index is 13.4. The molecule has 0 fully saturated rings. The van der Waals surface area contributed by atoms with Crippen molar-refractivity contribution in [1.29, 1.82) is 0 Å². The maximum absolute atomic E-state index is 13.4. The molecule has 0 heterocycles. The highest BCUT2D eigenvalue weighted by Gasteiger charge is 2.12. The first-order valence-electron chi connectivity index (χ1n) is 7.40. The van der Waals surface area contributed by atoms with E-state index < -0.39 is 17.5 Å². The van der Waals surface area contributed by atoms with Crippen molar-refractivity contribution in [3.05, 3.63) is 35.4 Å². The highest BCUT2D eigenvalue weighted by Crippen LogP contribution is 2.09. The van der Waals surface area contributed by atoms with Crippen LogP contribution in [0, 0.1) is 17.6 Å². The second-order valence-electron chi connectivity index (χ2n) is 5.52. The van der Waals surface area contributed by atoms with Gasteiger partial charge in [-0.2, -0.15) is 0 Å². The highest BCUT2D eigenvalue weighted by molar-refractivity contribution is 5.94. The second-order valence-corrected chi connectivity index (χ2v) is 5.52. The Bertz CT molecular complexity index is 519. The van der Waals surface area contributed by atoms with Gasteiger partial charge in [0.25, 0.3) is 5.91 Å². The van der Waals surface area contributed by atoms with E-state index >= 15 is 0 Å². The fourth-order valence-corrected chi connectivity index (χ4v) is 1.88. The van der Waals surface area contributed by atoms with E-state index in [1.165, 1.54) is 0 Å². The summed E-state index contributed by atoms with van der Waals surface area (Å²) in [5, 5.41) is 5.19. The van der Waals surface area contributed by atoms with Crippen LogP contribution in [0.4, 0.5) is 8.78 Å². The fourth-order valence-electron chi connectivity index (χ4n) is 1.88. The van der Waals surface area contributed by atoms with Crippen LogP contribution in [-0.4, -0.2) is 24.9 Å². The van der Waals surface area contributed by atoms with E-state index in [2.05, 4.69) is 24.5 Å². The van der Waals surface area contributed by atoms with Gasteiger partial charge >= 0.3 is 0 Å². The van der Waals surface area contributed by atoms with E-state index in [0.29, 0.717) is 18.5 Å². The summed E-state index contributed by atoms with van der Waals surface area (Å²) in [6, 6.07) is 2.74. The lowest BCUT2D eigenvalue weighted by Gasteiger charge is -2.08. The summed E-state index contributed by atoms with van der Waals surface area (Å²) in [4.78, 5) is 23.2. The zero-order valence-corrected chi connectivity index (χ0v) is 12.9. The first-order valence-corrected chi connectivity index (χ1v) is 7.40. The van der Waals surface area contributed by atoms with Crippen molar-refractivity contribution in [2.75, 3.05) is 13.1 Å². The Morgan fingerprint density at radius 1 is 1.14 bits per heavy atom. The summed E-state index contributed by atoms with van der Waals surface area (Å²) in [7, 11) is 0. The van der Waals surface area contributed by atoms with Gasteiger partial charge in [0.05, 0.1) is 5.56 Å². The van der Waals surface area contributed by atoms with Gasteiger partial charge in [0.15, 0.2) is 0 Å². The van der Waals surface area contributed by atoms with Gasteiger partial charge in [-0.15, -0.1) is 0 Å². The van der Waals surface area contributed by atoms with Gasteiger partial charge in [-0.3, -0.25) is 9.59 Å². The van der Waals surface area contributed by atoms with Gasteiger partial charge in [-0.1, -0.05) is 13.8 Å². The molecular formula is C16H22F2N2O2. The Morgan fingerprint density at radius 2 is 1.86 bits per heavy atom. The second kappa shape index (κ2) is 9.12. The predicted molar refractivity (Wildman–Crippen MR) is 80.4 cm³/mol. The number of halogens is 2. The number of hydrogen-bond donors (Lipinski definition) is 2. The Kier molecular flexibility index (Phi) is 7.49. The third-order valence-corrected chi connectivity index (χ3v) is 3.09. The first-order chi connectivity index (χ1) is 10.4. The largest absolute Gasteiger partial charge is 0.356 e. The number of amides is 2. The third kappa shape index (κ3) is 6.65. The summed E-state index contributed by atoms with van der Waals surface area (Å²) in [6.07, 6.45) is 2.08. The zero-order chi connectivity index (χ0) is 16.5. The summed E-state index contributed by atoms with van der Waals surface area (Å²) in [5.74, 6) is -1.89. The molecule has 0 atom stereocenters. The molecule has 0 aliphatic heterocycles. The zero-order valence-electron chi connectivity index (χ0n) is 12.9. The SMILES string of the molecule is CC(C)CCCNC(=O)CCNC(=O)c1ccc(F)cc1F. The molecule has 2 N–H and O–H groups in total. The van der Waals surface area contributed by atoms with E-state index in [4.69, 9.17) is 0 Å². The lowest BCUT2D eigenvalue weighted by molar-refractivity contribution is -0.120. The Morgan fingerprint density at radius 3 is 2.50 bits per heavy atom. The lowest BCUT2D eigenvalue weighted by Crippen LogP contribution is -2.31. The Balaban J connectivity index is 2.26. The third-order valence-electron chi connectivity index (χ3n) is 3.09. The molecule has 0 aliphatic rings. The maximum Gasteiger partial charge on any atom is 0.254 e. The van der Waals surface area contributed by atoms with E-state index in [1.54, 1.807) is 0 Å². The number of carbonyl (C=O) groups excluding carboxylic acids is 2. The van der Waals surface area contributed by atoms with Crippen molar-refractivity contribution in [3.63, 3.8) is 0 Å². The van der Waals surface area contributed by atoms with Crippen molar-refractivity contribution < 1.29 is 18.4 Å². The molecule has 1 aromatic carbocycles. The Labute approximate surface area is 129 Å². The van der Waals surface area contributed by atoms with Crippen LogP contribution in [0.1, 0.15) is 43.5 Å². The van der Waals surface area contributed by atoms with Gasteiger partial charge in [-0.25, -0.2) is 8.78 Å². The molecule has 2 amide bonds. The molecule has 4 nitrogen and oxygen atoms in total. The van der Waals surface area contributed by atoms with Gasteiger partial charge in [0.1, 0.15) is 11.6 Å². The van der Waals surface area contributed by atoms with Gasteiger partial charge in [0, 0.05) is 25.6 Å². The molecule has 0 saturated heterocycles. The topological polar surface area (TPSA) is 58.2 Å². The number of carbonyl (C=O) groups is 2. The summed E-state index contributed by atoms with van der Waals surface area (Å²) < 4.78 is 26.1. The quantitative estimate of drug-likeness (QED) is 0.725. The van der Waals surface area contributed by atoms with Crippen LogP contribution in [0.2, 0.25) is 0 Å². The average molecular weight is 312 g/mol. The van der Waals surface area contributed by atoms with Crippen LogP contribution < -0.4 is 10.6 Å². The van der Waals surface area contributed by atoms with Crippen molar-refractivity contribution in [2.45, 2.75) is 33.1 Å². The number of benzene rings is 1. The molecule has 0 aliphatic carbocycles. The van der Waals surface area contributed by atoms with Gasteiger partial charge < -0.3 is 10.6 Å². The molecule has 122 valence electrons. The van der Waals surface area contributed by atoms with E-state index in [1.807, 2.05) is 0 Å². The minimum absolute atomic E-state index is 0.103. The molecule has 1 rings (SSSR count). The van der Waals surface area contributed by atoms with E-state index in [0.717, 1.165) is 25.0 Å². The number of hydrogen-bond acceptors (Lipinski definition) is 2. The number of nitrogens with one attached hydrogen (secondary N) is 2. The van der Waals surface area contributed by atoms with Crippen LogP contribution in [0.5, 0.6) is 0 Å². The molecule has 0 saturated carbocycles. The van der Waals surface area contributed by atoms with Crippen molar-refractivity contribution in [2.24, 2.45) is 5.92 Å². The number of rotatable bonds is 8. The van der Waals surface area contributed by atoms with Crippen molar-refractivity contribution >= 4 is 11.8 Å². The lowest BCUT2D eigenvalue weighted by atomic mass is 10.1. The standard InChI is InChI=1S/C16H22F2N2O2/c1-11(2)4-3-8-19-15(21)7-9-20-16(22)13-6-5-12(17)10-14(13)18/h5-6,10-11H,3-4,7-9H2,1-2H3,(H,19,21)(H,20,22). The summed E-state index contributed by atoms with van der Waals surface area (Å²) in [5.41, 5.74) is -0.237. The van der Waals surface area contributed by atoms with E-state index in [-0.39, 0.29) is 24.4 Å². The van der Waals surface area contributed by atoms with Crippen LogP contribution in [0.25, 0.3) is 0 Å². The average Bonchev–Trinajstić information content (AvgIpc) is 2.43. The molecule has 0 aromatic heterocycles. The first kappa shape index (κ1) is 18.1. The molecule has 0 radical (unpaired) electrons. The molecule has 6 heteroatoms. The Hall–Kier alpha value is -1.98. The normalized spacial score (nSPS) is 10.6. The summed E-state index contributed by atoms with van der Waals surface area (Å²) in [6.45, 7) is 4.95. The van der Waals surface area contributed by atoms with Crippen LogP contribution in [0.15, 0.2) is 18.2 Å². The smallest absolute Gasteiger partial charge is 0.254 e. The molecule has 0 unspecified atom stereocenters. The van der Waals surface area contributed by atoms with E-state index in [9.17, 15) is 18.4 Å². The van der Waals surface area contributed by atoms with Crippen LogP contribution in [0.3, 0.4) is 0 Å². The van der Waals surface area contributed by atoms with Crippen molar-refractivity contribution in [1.82, 2.24) is 10.6 Å². The minimum Gasteiger partial charge on any atom is -0.356 e. The monoisotopic (exact) mass is 312 g/mol. The van der Waals surface area contributed by atoms with Crippen molar-refractivity contribution in [3.8, 4) is 0 Å². The molecule has 22 heavy (non-hydrogen) atoms. The molecule has 0 bridgehead atoms. The molecular weight excluding hydrogens is 290 g/mol. The van der Waals surface area contributed by atoms with Crippen LogP contribution >= 0.6 is 0 Å². The molecule has 1 aromatic rings.